The third-order valence-electron chi connectivity index (χ3n) is 5.39. The summed E-state index contributed by atoms with van der Waals surface area (Å²) >= 11 is 0. The largest absolute Gasteiger partial charge is 0.461 e. The summed E-state index contributed by atoms with van der Waals surface area (Å²) in [7, 11) is 0. The minimum Gasteiger partial charge on any atom is -0.461 e. The Morgan fingerprint density at radius 1 is 1.04 bits per heavy atom. The third-order valence-corrected chi connectivity index (χ3v) is 5.39. The molecule has 0 radical (unpaired) electrons. The lowest BCUT2D eigenvalue weighted by Gasteiger charge is -2.33. The lowest BCUT2D eigenvalue weighted by molar-refractivity contribution is 0.0115. The third kappa shape index (κ3) is 2.28. The number of nitrogens with zero attached hydrogens (tertiary/aromatic N) is 3. The van der Waals surface area contributed by atoms with E-state index in [-0.39, 0.29) is 5.78 Å². The minimum atomic E-state index is -0.963. The van der Waals surface area contributed by atoms with E-state index in [2.05, 4.69) is 16.1 Å². The molecule has 1 atom stereocenters. The van der Waals surface area contributed by atoms with Crippen LogP contribution in [0.25, 0.3) is 5.76 Å². The van der Waals surface area contributed by atoms with E-state index in [9.17, 15) is 4.79 Å². The summed E-state index contributed by atoms with van der Waals surface area (Å²) < 4.78 is 8.28. The van der Waals surface area contributed by atoms with Crippen LogP contribution in [-0.2, 0) is 16.9 Å². The molecule has 1 unspecified atom stereocenters. The highest BCUT2D eigenvalue weighted by atomic mass is 16.5. The molecule has 1 aliphatic carbocycles. The van der Waals surface area contributed by atoms with E-state index in [1.807, 2.05) is 55.5 Å². The molecule has 134 valence electrons. The van der Waals surface area contributed by atoms with Gasteiger partial charge in [-0.15, -0.1) is 0 Å². The van der Waals surface area contributed by atoms with Crippen LogP contribution in [-0.4, -0.2) is 20.5 Å². The number of hydrogen-bond donors (Lipinski definition) is 0. The summed E-state index contributed by atoms with van der Waals surface area (Å²) in [5.74, 6) is 1.45. The Bertz CT molecular complexity index is 1100. The number of allylic oxidation sites excluding steroid dienone is 1. The minimum absolute atomic E-state index is 0.0974. The van der Waals surface area contributed by atoms with Gasteiger partial charge in [-0.05, 0) is 25.3 Å². The van der Waals surface area contributed by atoms with Crippen molar-refractivity contribution in [3.63, 3.8) is 0 Å². The second-order valence-electron chi connectivity index (χ2n) is 7.14. The molecule has 1 aromatic heterocycles. The van der Waals surface area contributed by atoms with Gasteiger partial charge < -0.3 is 4.74 Å². The molecule has 3 aromatic rings. The maximum atomic E-state index is 13.4. The van der Waals surface area contributed by atoms with Crippen LogP contribution in [0.15, 0.2) is 60.2 Å². The normalized spacial score (nSPS) is 21.0. The van der Waals surface area contributed by atoms with Crippen LogP contribution in [0.1, 0.15) is 46.5 Å². The Balaban J connectivity index is 1.80. The van der Waals surface area contributed by atoms with Crippen LogP contribution >= 0.6 is 0 Å². The number of hydrogen-bond acceptors (Lipinski definition) is 4. The van der Waals surface area contributed by atoms with Gasteiger partial charge in [-0.2, -0.15) is 9.78 Å². The lowest BCUT2D eigenvalue weighted by Crippen LogP contribution is -2.36. The standard InChI is InChI=1S/C22H19N3O2/c1-14-23-21-19(26)18-13-12-15-8-6-7-11-17(15)20(18)27-22(2,25(21)24-14)16-9-4-3-5-10-16/h3-11H,12-13H2,1-2H3. The number of rotatable bonds is 1. The van der Waals surface area contributed by atoms with E-state index >= 15 is 0 Å². The van der Waals surface area contributed by atoms with Crippen molar-refractivity contribution >= 4 is 11.5 Å². The van der Waals surface area contributed by atoms with E-state index in [4.69, 9.17) is 4.74 Å². The molecule has 0 saturated carbocycles. The number of aromatic nitrogens is 3. The Labute approximate surface area is 157 Å². The van der Waals surface area contributed by atoms with Crippen LogP contribution in [0.5, 0.6) is 0 Å². The van der Waals surface area contributed by atoms with Crippen molar-refractivity contribution in [2.75, 3.05) is 0 Å². The second-order valence-corrected chi connectivity index (χ2v) is 7.14. The molecular formula is C22H19N3O2. The van der Waals surface area contributed by atoms with Crippen molar-refractivity contribution in [3.05, 3.63) is 88.5 Å². The zero-order valence-electron chi connectivity index (χ0n) is 15.3. The van der Waals surface area contributed by atoms with Crippen LogP contribution in [0, 0.1) is 6.92 Å². The predicted octanol–water partition coefficient (Wildman–Crippen LogP) is 3.88. The van der Waals surface area contributed by atoms with Crippen molar-refractivity contribution in [2.45, 2.75) is 32.4 Å². The van der Waals surface area contributed by atoms with Gasteiger partial charge in [0.05, 0.1) is 0 Å². The van der Waals surface area contributed by atoms with Gasteiger partial charge in [0.25, 0.3) is 0 Å². The SMILES string of the molecule is Cc1nc2n(n1)C(C)(c1ccccc1)OC1=C(CCc3ccccc31)C2=O. The average Bonchev–Trinajstić information content (AvgIpc) is 3.07. The fourth-order valence-corrected chi connectivity index (χ4v) is 3.99. The van der Waals surface area contributed by atoms with Gasteiger partial charge in [-0.25, -0.2) is 4.98 Å². The van der Waals surface area contributed by atoms with Gasteiger partial charge in [-0.1, -0.05) is 54.6 Å². The Morgan fingerprint density at radius 3 is 2.59 bits per heavy atom. The first-order valence-corrected chi connectivity index (χ1v) is 9.13. The van der Waals surface area contributed by atoms with Gasteiger partial charge in [-0.3, -0.25) is 4.79 Å². The molecule has 5 heteroatoms. The first-order valence-electron chi connectivity index (χ1n) is 9.13. The predicted molar refractivity (Wildman–Crippen MR) is 101 cm³/mol. The number of ether oxygens (including phenoxy) is 1. The molecule has 2 heterocycles. The number of Topliss-reactive ketones (excluding diaryl/α,β-unsaturated/α-hetero) is 1. The van der Waals surface area contributed by atoms with Crippen molar-refractivity contribution in [2.24, 2.45) is 0 Å². The van der Waals surface area contributed by atoms with Gasteiger partial charge in [0.2, 0.25) is 17.3 Å². The Kier molecular flexibility index (Phi) is 3.34. The molecular weight excluding hydrogens is 338 g/mol. The monoisotopic (exact) mass is 357 g/mol. The van der Waals surface area contributed by atoms with Crippen LogP contribution in [0.2, 0.25) is 0 Å². The van der Waals surface area contributed by atoms with Crippen molar-refractivity contribution < 1.29 is 9.53 Å². The van der Waals surface area contributed by atoms with E-state index in [1.54, 1.807) is 11.6 Å². The summed E-state index contributed by atoms with van der Waals surface area (Å²) in [5, 5.41) is 4.54. The maximum absolute atomic E-state index is 13.4. The summed E-state index contributed by atoms with van der Waals surface area (Å²) in [4.78, 5) is 17.8. The zero-order chi connectivity index (χ0) is 18.6. The molecule has 0 fully saturated rings. The molecule has 27 heavy (non-hydrogen) atoms. The maximum Gasteiger partial charge on any atom is 0.229 e. The van der Waals surface area contributed by atoms with Crippen LogP contribution in [0.3, 0.4) is 0 Å². The number of fused-ring (bicyclic) bond motifs is 3. The highest BCUT2D eigenvalue weighted by Gasteiger charge is 2.43. The topological polar surface area (TPSA) is 57.0 Å². The Morgan fingerprint density at radius 2 is 1.78 bits per heavy atom. The van der Waals surface area contributed by atoms with Crippen molar-refractivity contribution in [3.8, 4) is 0 Å². The van der Waals surface area contributed by atoms with E-state index in [0.717, 1.165) is 17.5 Å². The highest BCUT2D eigenvalue weighted by molar-refractivity contribution is 6.11. The smallest absolute Gasteiger partial charge is 0.229 e. The highest BCUT2D eigenvalue weighted by Crippen LogP contribution is 2.42. The van der Waals surface area contributed by atoms with Crippen molar-refractivity contribution in [1.29, 1.82) is 0 Å². The summed E-state index contributed by atoms with van der Waals surface area (Å²) in [6.07, 6.45) is 1.46. The van der Waals surface area contributed by atoms with Gasteiger partial charge in [0.1, 0.15) is 11.6 Å². The molecule has 0 amide bonds. The van der Waals surface area contributed by atoms with E-state index in [1.165, 1.54) is 5.56 Å². The second kappa shape index (κ2) is 5.64. The van der Waals surface area contributed by atoms with Crippen LogP contribution in [0.4, 0.5) is 0 Å². The summed E-state index contributed by atoms with van der Waals surface area (Å²) in [6, 6.07) is 18.0. The van der Waals surface area contributed by atoms with Crippen LogP contribution < -0.4 is 0 Å². The number of carbonyl (C=O) groups is 1. The van der Waals surface area contributed by atoms with Crippen molar-refractivity contribution in [1.82, 2.24) is 14.8 Å². The fourth-order valence-electron chi connectivity index (χ4n) is 3.99. The fraction of sp³-hybridized carbons (Fsp3) is 0.227. The first-order chi connectivity index (χ1) is 13.1. The molecule has 1 aliphatic heterocycles. The molecule has 5 rings (SSSR count). The molecule has 2 aromatic carbocycles. The summed E-state index contributed by atoms with van der Waals surface area (Å²) in [5.41, 5.74) is 2.82. The molecule has 0 N–H and O–H groups in total. The van der Waals surface area contributed by atoms with E-state index < -0.39 is 5.72 Å². The molecule has 0 saturated heterocycles. The molecule has 0 bridgehead atoms. The number of aryl methyl sites for hydroxylation is 2. The number of ketones is 1. The number of benzene rings is 2. The van der Waals surface area contributed by atoms with E-state index in [0.29, 0.717) is 29.4 Å². The Hall–Kier alpha value is -3.21. The average molecular weight is 357 g/mol. The summed E-state index contributed by atoms with van der Waals surface area (Å²) in [6.45, 7) is 3.74. The van der Waals surface area contributed by atoms with Gasteiger partial charge in [0.15, 0.2) is 0 Å². The quantitative estimate of drug-likeness (QED) is 0.663. The number of carbonyl (C=O) groups excluding carboxylic acids is 1. The molecule has 0 spiro atoms. The van der Waals surface area contributed by atoms with Gasteiger partial charge >= 0.3 is 0 Å². The molecule has 2 aliphatic rings. The lowest BCUT2D eigenvalue weighted by atomic mass is 9.88. The zero-order valence-corrected chi connectivity index (χ0v) is 15.3. The van der Waals surface area contributed by atoms with Gasteiger partial charge in [0, 0.05) is 23.6 Å². The molecule has 5 nitrogen and oxygen atoms in total. The first kappa shape index (κ1) is 16.0.